The Bertz CT molecular complexity index is 795. The second-order valence-corrected chi connectivity index (χ2v) is 5.27. The molecule has 0 aliphatic carbocycles. The fraction of sp³-hybridized carbons (Fsp3) is 0.176. The molecule has 0 radical (unpaired) electrons. The lowest BCUT2D eigenvalue weighted by Gasteiger charge is -2.15. The van der Waals surface area contributed by atoms with Crippen molar-refractivity contribution in [3.8, 4) is 0 Å². The molecule has 0 amide bonds. The van der Waals surface area contributed by atoms with Gasteiger partial charge in [0.05, 0.1) is 0 Å². The minimum absolute atomic E-state index is 0.305. The smallest absolute Gasteiger partial charge is 0.137 e. The molecule has 3 nitrogen and oxygen atoms in total. The van der Waals surface area contributed by atoms with Gasteiger partial charge in [-0.1, -0.05) is 35.9 Å². The van der Waals surface area contributed by atoms with Crippen molar-refractivity contribution in [3.63, 3.8) is 0 Å². The lowest BCUT2D eigenvalue weighted by molar-refractivity contribution is 0.461. The van der Waals surface area contributed by atoms with E-state index in [9.17, 15) is 4.39 Å². The lowest BCUT2D eigenvalue weighted by Crippen LogP contribution is -2.29. The molecule has 21 heavy (non-hydrogen) atoms. The highest BCUT2D eigenvalue weighted by atomic mass is 19.1. The number of nitrogens with one attached hydrogen (secondary N) is 1. The zero-order valence-electron chi connectivity index (χ0n) is 12.0. The maximum absolute atomic E-state index is 14.1. The maximum Gasteiger partial charge on any atom is 0.137 e. The minimum Gasteiger partial charge on any atom is -0.459 e. The molecule has 0 bridgehead atoms. The number of benzene rings is 2. The van der Waals surface area contributed by atoms with Crippen molar-refractivity contribution < 1.29 is 8.81 Å². The molecule has 3 rings (SSSR count). The summed E-state index contributed by atoms with van der Waals surface area (Å²) >= 11 is 0. The number of nitrogens with two attached hydrogens (primary N) is 1. The highest BCUT2D eigenvalue weighted by Crippen LogP contribution is 2.30. The van der Waals surface area contributed by atoms with E-state index in [1.807, 2.05) is 38.1 Å². The van der Waals surface area contributed by atoms with Gasteiger partial charge in [-0.05, 0) is 31.5 Å². The third-order valence-electron chi connectivity index (χ3n) is 3.67. The van der Waals surface area contributed by atoms with Crippen LogP contribution in [0.25, 0.3) is 11.0 Å². The summed E-state index contributed by atoms with van der Waals surface area (Å²) in [7, 11) is 0. The van der Waals surface area contributed by atoms with Crippen LogP contribution < -0.4 is 11.3 Å². The molecular formula is C17H17FN2O. The first-order valence-corrected chi connectivity index (χ1v) is 6.81. The average Bonchev–Trinajstić information content (AvgIpc) is 2.89. The van der Waals surface area contributed by atoms with Crippen molar-refractivity contribution in [2.45, 2.75) is 19.9 Å². The molecule has 2 aromatic carbocycles. The Morgan fingerprint density at radius 3 is 2.67 bits per heavy atom. The van der Waals surface area contributed by atoms with Gasteiger partial charge in [-0.25, -0.2) is 9.82 Å². The highest BCUT2D eigenvalue weighted by Gasteiger charge is 2.21. The van der Waals surface area contributed by atoms with Gasteiger partial charge in [-0.3, -0.25) is 5.84 Å². The molecular weight excluding hydrogens is 267 g/mol. The summed E-state index contributed by atoms with van der Waals surface area (Å²) in [4.78, 5) is 0. The first kappa shape index (κ1) is 13.8. The Labute approximate surface area is 122 Å². The molecule has 0 fully saturated rings. The summed E-state index contributed by atoms with van der Waals surface area (Å²) in [5.41, 5.74) is 5.95. The SMILES string of the molecule is Cc1ccc(F)c(C(NN)c2cc3cccc(C)c3o2)c1. The zero-order chi connectivity index (χ0) is 15.0. The third-order valence-corrected chi connectivity index (χ3v) is 3.67. The minimum atomic E-state index is -0.517. The van der Waals surface area contributed by atoms with Crippen LogP contribution in [0.2, 0.25) is 0 Å². The summed E-state index contributed by atoms with van der Waals surface area (Å²) in [6.45, 7) is 3.90. The van der Waals surface area contributed by atoms with Crippen LogP contribution in [0.15, 0.2) is 46.9 Å². The second kappa shape index (κ2) is 5.31. The third kappa shape index (κ3) is 2.44. The van der Waals surface area contributed by atoms with Crippen LogP contribution >= 0.6 is 0 Å². The van der Waals surface area contributed by atoms with E-state index in [2.05, 4.69) is 5.43 Å². The number of halogens is 1. The van der Waals surface area contributed by atoms with Crippen molar-refractivity contribution in [2.75, 3.05) is 0 Å². The number of rotatable bonds is 3. The monoisotopic (exact) mass is 284 g/mol. The largest absolute Gasteiger partial charge is 0.459 e. The fourth-order valence-corrected chi connectivity index (χ4v) is 2.58. The Kier molecular flexibility index (Phi) is 3.49. The lowest BCUT2D eigenvalue weighted by atomic mass is 10.0. The van der Waals surface area contributed by atoms with Gasteiger partial charge in [0.1, 0.15) is 23.2 Å². The number of hydrazine groups is 1. The normalized spacial score (nSPS) is 12.8. The molecule has 1 atom stereocenters. The molecule has 0 aliphatic rings. The summed E-state index contributed by atoms with van der Waals surface area (Å²) < 4.78 is 20.0. The Morgan fingerprint density at radius 1 is 1.14 bits per heavy atom. The van der Waals surface area contributed by atoms with Gasteiger partial charge in [0, 0.05) is 10.9 Å². The molecule has 3 N–H and O–H groups in total. The molecule has 0 saturated carbocycles. The number of furan rings is 1. The first-order valence-electron chi connectivity index (χ1n) is 6.81. The van der Waals surface area contributed by atoms with Gasteiger partial charge in [0.2, 0.25) is 0 Å². The van der Waals surface area contributed by atoms with Crippen molar-refractivity contribution in [1.82, 2.24) is 5.43 Å². The fourth-order valence-electron chi connectivity index (χ4n) is 2.58. The molecule has 0 spiro atoms. The molecule has 3 aromatic rings. The highest BCUT2D eigenvalue weighted by molar-refractivity contribution is 5.81. The van der Waals surface area contributed by atoms with Crippen molar-refractivity contribution in [2.24, 2.45) is 5.84 Å². The van der Waals surface area contributed by atoms with Crippen molar-refractivity contribution in [1.29, 1.82) is 0 Å². The van der Waals surface area contributed by atoms with E-state index in [0.29, 0.717) is 11.3 Å². The number of fused-ring (bicyclic) bond motifs is 1. The first-order chi connectivity index (χ1) is 10.1. The van der Waals surface area contributed by atoms with Crippen LogP contribution in [-0.2, 0) is 0 Å². The summed E-state index contributed by atoms with van der Waals surface area (Å²) in [6.07, 6.45) is 0. The van der Waals surface area contributed by atoms with Crippen LogP contribution in [0, 0.1) is 19.7 Å². The number of para-hydroxylation sites is 1. The summed E-state index contributed by atoms with van der Waals surface area (Å²) in [5.74, 6) is 5.94. The Morgan fingerprint density at radius 2 is 1.95 bits per heavy atom. The van der Waals surface area contributed by atoms with E-state index in [0.717, 1.165) is 22.1 Å². The predicted molar refractivity (Wildman–Crippen MR) is 81.3 cm³/mol. The van der Waals surface area contributed by atoms with Gasteiger partial charge in [0.25, 0.3) is 0 Å². The van der Waals surface area contributed by atoms with Gasteiger partial charge in [-0.15, -0.1) is 0 Å². The zero-order valence-corrected chi connectivity index (χ0v) is 12.0. The van der Waals surface area contributed by atoms with Crippen LogP contribution in [0.1, 0.15) is 28.5 Å². The summed E-state index contributed by atoms with van der Waals surface area (Å²) in [5, 5.41) is 0.985. The topological polar surface area (TPSA) is 51.2 Å². The molecule has 108 valence electrons. The second-order valence-electron chi connectivity index (χ2n) is 5.27. The maximum atomic E-state index is 14.1. The van der Waals surface area contributed by atoms with Crippen LogP contribution in [0.5, 0.6) is 0 Å². The quantitative estimate of drug-likeness (QED) is 0.569. The van der Waals surface area contributed by atoms with Crippen LogP contribution in [0.4, 0.5) is 4.39 Å². The molecule has 0 saturated heterocycles. The molecule has 1 heterocycles. The van der Waals surface area contributed by atoms with E-state index in [1.165, 1.54) is 6.07 Å². The van der Waals surface area contributed by atoms with E-state index in [-0.39, 0.29) is 5.82 Å². The Hall–Kier alpha value is -2.17. The average molecular weight is 284 g/mol. The molecule has 1 unspecified atom stereocenters. The van der Waals surface area contributed by atoms with Crippen molar-refractivity contribution in [3.05, 3.63) is 70.7 Å². The Balaban J connectivity index is 2.13. The molecule has 4 heteroatoms. The van der Waals surface area contributed by atoms with Crippen LogP contribution in [0.3, 0.4) is 0 Å². The van der Waals surface area contributed by atoms with Gasteiger partial charge >= 0.3 is 0 Å². The van der Waals surface area contributed by atoms with Crippen molar-refractivity contribution >= 4 is 11.0 Å². The number of aryl methyl sites for hydroxylation is 2. The standard InChI is InChI=1S/C17H17FN2O/c1-10-6-7-14(18)13(8-10)16(20-19)15-9-12-5-3-4-11(2)17(12)21-15/h3-9,16,20H,19H2,1-2H3. The number of hydrogen-bond acceptors (Lipinski definition) is 3. The van der Waals surface area contributed by atoms with E-state index in [1.54, 1.807) is 12.1 Å². The molecule has 0 aliphatic heterocycles. The van der Waals surface area contributed by atoms with E-state index >= 15 is 0 Å². The predicted octanol–water partition coefficient (Wildman–Crippen LogP) is 3.74. The van der Waals surface area contributed by atoms with Crippen LogP contribution in [-0.4, -0.2) is 0 Å². The van der Waals surface area contributed by atoms with Gasteiger partial charge in [-0.2, -0.15) is 0 Å². The van der Waals surface area contributed by atoms with Gasteiger partial charge in [0.15, 0.2) is 0 Å². The number of hydrogen-bond donors (Lipinski definition) is 2. The molecule has 1 aromatic heterocycles. The van der Waals surface area contributed by atoms with E-state index in [4.69, 9.17) is 10.3 Å². The van der Waals surface area contributed by atoms with Gasteiger partial charge < -0.3 is 4.42 Å². The summed E-state index contributed by atoms with van der Waals surface area (Å²) in [6, 6.07) is 12.3. The van der Waals surface area contributed by atoms with E-state index < -0.39 is 6.04 Å².